The summed E-state index contributed by atoms with van der Waals surface area (Å²) >= 11 is 1.48. The second-order valence-corrected chi connectivity index (χ2v) is 6.64. The van der Waals surface area contributed by atoms with Crippen LogP contribution < -0.4 is 10.1 Å². The average molecular weight is 366 g/mol. The fourth-order valence-corrected chi connectivity index (χ4v) is 2.95. The van der Waals surface area contributed by atoms with E-state index in [2.05, 4.69) is 31.6 Å². The highest BCUT2D eigenvalue weighted by molar-refractivity contribution is 7.99. The van der Waals surface area contributed by atoms with Crippen LogP contribution in [0.3, 0.4) is 0 Å². The molecule has 0 spiro atoms. The van der Waals surface area contributed by atoms with Crippen LogP contribution in [0.25, 0.3) is 0 Å². The first kappa shape index (κ1) is 17.8. The Morgan fingerprint density at radius 3 is 2.81 bits per heavy atom. The SMILES string of the molecule is Cc1ccc(OCCSc2nc(Nc3cc(C)[nH]n3)ccc2C#N)cn1. The minimum absolute atomic E-state index is 0.498. The van der Waals surface area contributed by atoms with Crippen LogP contribution in [0.5, 0.6) is 5.75 Å². The zero-order chi connectivity index (χ0) is 18.4. The van der Waals surface area contributed by atoms with Crippen molar-refractivity contribution in [3.8, 4) is 11.8 Å². The zero-order valence-electron chi connectivity index (χ0n) is 14.5. The van der Waals surface area contributed by atoms with Crippen molar-refractivity contribution in [1.29, 1.82) is 5.26 Å². The fourth-order valence-electron chi connectivity index (χ4n) is 2.16. The Bertz CT molecular complexity index is 916. The van der Waals surface area contributed by atoms with Crippen molar-refractivity contribution >= 4 is 23.4 Å². The minimum atomic E-state index is 0.498. The molecular formula is C18H18N6OS. The van der Waals surface area contributed by atoms with Gasteiger partial charge in [0.1, 0.15) is 22.7 Å². The van der Waals surface area contributed by atoms with Crippen LogP contribution in [-0.2, 0) is 0 Å². The first-order chi connectivity index (χ1) is 12.6. The molecule has 3 rings (SSSR count). The van der Waals surface area contributed by atoms with Crippen LogP contribution >= 0.6 is 11.8 Å². The van der Waals surface area contributed by atoms with E-state index in [4.69, 9.17) is 4.74 Å². The van der Waals surface area contributed by atoms with Gasteiger partial charge in [-0.15, -0.1) is 11.8 Å². The number of nitrogens with one attached hydrogen (secondary N) is 2. The van der Waals surface area contributed by atoms with Gasteiger partial charge in [0.25, 0.3) is 0 Å². The van der Waals surface area contributed by atoms with Crippen LogP contribution in [0, 0.1) is 25.2 Å². The number of rotatable bonds is 7. The minimum Gasteiger partial charge on any atom is -0.491 e. The summed E-state index contributed by atoms with van der Waals surface area (Å²) in [5.74, 6) is 2.72. The van der Waals surface area contributed by atoms with E-state index in [1.807, 2.05) is 32.0 Å². The van der Waals surface area contributed by atoms with E-state index in [-0.39, 0.29) is 0 Å². The van der Waals surface area contributed by atoms with Crippen molar-refractivity contribution in [3.05, 3.63) is 53.5 Å². The summed E-state index contributed by atoms with van der Waals surface area (Å²) in [5.41, 5.74) is 2.44. The van der Waals surface area contributed by atoms with Gasteiger partial charge in [-0.1, -0.05) is 0 Å². The van der Waals surface area contributed by atoms with E-state index >= 15 is 0 Å². The first-order valence-electron chi connectivity index (χ1n) is 8.02. The van der Waals surface area contributed by atoms with E-state index < -0.39 is 0 Å². The molecule has 0 fully saturated rings. The van der Waals surface area contributed by atoms with Crippen LogP contribution in [0.15, 0.2) is 41.6 Å². The summed E-state index contributed by atoms with van der Waals surface area (Å²) in [6.45, 7) is 4.35. The average Bonchev–Trinajstić information content (AvgIpc) is 3.05. The highest BCUT2D eigenvalue weighted by Crippen LogP contribution is 2.24. The quantitative estimate of drug-likeness (QED) is 0.487. The molecule has 7 nitrogen and oxygen atoms in total. The summed E-state index contributed by atoms with van der Waals surface area (Å²) in [7, 11) is 0. The Balaban J connectivity index is 1.59. The predicted molar refractivity (Wildman–Crippen MR) is 101 cm³/mol. The molecule has 0 aliphatic carbocycles. The fraction of sp³-hybridized carbons (Fsp3) is 0.222. The van der Waals surface area contributed by atoms with Gasteiger partial charge in [0.05, 0.1) is 18.4 Å². The molecule has 0 unspecified atom stereocenters. The molecule has 3 aromatic heterocycles. The highest BCUT2D eigenvalue weighted by atomic mass is 32.2. The monoisotopic (exact) mass is 366 g/mol. The smallest absolute Gasteiger partial charge is 0.153 e. The van der Waals surface area contributed by atoms with Crippen molar-refractivity contribution in [2.45, 2.75) is 18.9 Å². The van der Waals surface area contributed by atoms with E-state index in [0.717, 1.165) is 17.1 Å². The summed E-state index contributed by atoms with van der Waals surface area (Å²) < 4.78 is 5.66. The molecule has 26 heavy (non-hydrogen) atoms. The molecule has 0 amide bonds. The maximum Gasteiger partial charge on any atom is 0.153 e. The number of hydrogen-bond donors (Lipinski definition) is 2. The van der Waals surface area contributed by atoms with Gasteiger partial charge in [0.2, 0.25) is 0 Å². The lowest BCUT2D eigenvalue weighted by molar-refractivity contribution is 0.342. The van der Waals surface area contributed by atoms with Gasteiger partial charge in [0, 0.05) is 23.2 Å². The topological polar surface area (TPSA) is 99.5 Å². The van der Waals surface area contributed by atoms with Crippen molar-refractivity contribution in [1.82, 2.24) is 20.2 Å². The third kappa shape index (κ3) is 4.74. The first-order valence-corrected chi connectivity index (χ1v) is 9.01. The largest absolute Gasteiger partial charge is 0.491 e. The van der Waals surface area contributed by atoms with Crippen LogP contribution in [-0.4, -0.2) is 32.5 Å². The number of pyridine rings is 2. The number of hydrogen-bond acceptors (Lipinski definition) is 7. The number of aromatic amines is 1. The molecule has 0 atom stereocenters. The molecule has 132 valence electrons. The predicted octanol–water partition coefficient (Wildman–Crippen LogP) is 3.60. The Labute approximate surface area is 155 Å². The maximum atomic E-state index is 9.28. The number of nitrogens with zero attached hydrogens (tertiary/aromatic N) is 4. The number of ether oxygens (including phenoxy) is 1. The number of H-pyrrole nitrogens is 1. The Hall–Kier alpha value is -3.05. The zero-order valence-corrected chi connectivity index (χ0v) is 15.3. The Morgan fingerprint density at radius 2 is 2.12 bits per heavy atom. The lowest BCUT2D eigenvalue weighted by Gasteiger charge is -2.08. The molecule has 0 bridgehead atoms. The van der Waals surface area contributed by atoms with Crippen molar-refractivity contribution in [2.75, 3.05) is 17.7 Å². The van der Waals surface area contributed by atoms with Gasteiger partial charge in [-0.05, 0) is 38.1 Å². The highest BCUT2D eigenvalue weighted by Gasteiger charge is 2.08. The normalized spacial score (nSPS) is 10.3. The van der Waals surface area contributed by atoms with E-state index in [1.165, 1.54) is 11.8 Å². The molecular weight excluding hydrogens is 348 g/mol. The number of anilines is 2. The summed E-state index contributed by atoms with van der Waals surface area (Å²) in [6, 6.07) is 11.4. The van der Waals surface area contributed by atoms with Crippen LogP contribution in [0.1, 0.15) is 17.0 Å². The lowest BCUT2D eigenvalue weighted by Crippen LogP contribution is -2.02. The van der Waals surface area contributed by atoms with Gasteiger partial charge in [-0.25, -0.2) is 4.98 Å². The number of nitriles is 1. The summed E-state index contributed by atoms with van der Waals surface area (Å²) in [4.78, 5) is 8.70. The second kappa shape index (κ2) is 8.36. The van der Waals surface area contributed by atoms with Crippen LogP contribution in [0.2, 0.25) is 0 Å². The van der Waals surface area contributed by atoms with E-state index in [0.29, 0.717) is 34.6 Å². The Morgan fingerprint density at radius 1 is 1.23 bits per heavy atom. The third-order valence-electron chi connectivity index (χ3n) is 3.42. The van der Waals surface area contributed by atoms with E-state index in [9.17, 15) is 5.26 Å². The third-order valence-corrected chi connectivity index (χ3v) is 4.37. The van der Waals surface area contributed by atoms with Gasteiger partial charge in [0.15, 0.2) is 5.82 Å². The molecule has 0 saturated heterocycles. The number of thioether (sulfide) groups is 1. The molecule has 8 heteroatoms. The molecule has 3 heterocycles. The van der Waals surface area contributed by atoms with Gasteiger partial charge < -0.3 is 10.1 Å². The number of aromatic nitrogens is 4. The van der Waals surface area contributed by atoms with Gasteiger partial charge in [-0.3, -0.25) is 10.1 Å². The molecule has 0 radical (unpaired) electrons. The molecule has 2 N–H and O–H groups in total. The van der Waals surface area contributed by atoms with Crippen LogP contribution in [0.4, 0.5) is 11.6 Å². The molecule has 0 saturated carbocycles. The molecule has 0 aliphatic heterocycles. The Kier molecular flexibility index (Phi) is 5.71. The summed E-state index contributed by atoms with van der Waals surface area (Å²) in [5, 5.41) is 20.1. The molecule has 0 aliphatic rings. The number of aryl methyl sites for hydroxylation is 2. The van der Waals surface area contributed by atoms with Crippen molar-refractivity contribution < 1.29 is 4.74 Å². The second-order valence-electron chi connectivity index (χ2n) is 5.55. The maximum absolute atomic E-state index is 9.28. The molecule has 0 aromatic carbocycles. The van der Waals surface area contributed by atoms with Crippen molar-refractivity contribution in [3.63, 3.8) is 0 Å². The lowest BCUT2D eigenvalue weighted by atomic mass is 10.3. The van der Waals surface area contributed by atoms with Crippen molar-refractivity contribution in [2.24, 2.45) is 0 Å². The van der Waals surface area contributed by atoms with Gasteiger partial charge >= 0.3 is 0 Å². The van der Waals surface area contributed by atoms with E-state index in [1.54, 1.807) is 18.3 Å². The standard InChI is InChI=1S/C18H18N6OS/c1-12-3-5-15(11-20-12)25-7-8-26-18-14(10-19)4-6-16(22-18)21-17-9-13(2)23-24-17/h3-6,9,11H,7-8H2,1-2H3,(H2,21,22,23,24). The molecule has 3 aromatic rings. The summed E-state index contributed by atoms with van der Waals surface area (Å²) in [6.07, 6.45) is 1.70. The van der Waals surface area contributed by atoms with Gasteiger partial charge in [-0.2, -0.15) is 10.4 Å².